The van der Waals surface area contributed by atoms with Crippen LogP contribution in [-0.4, -0.2) is 58.9 Å². The topological polar surface area (TPSA) is 70.5 Å². The standard InChI is InChI=1S/C20H24N4O2S/c1-14(25)11-21-19-18-16(15-5-3-2-4-6-15)13-27-20(18)23-17(22-19)12-24-7-9-26-10-8-24/h2-6,13-14,25H,7-12H2,1H3,(H,21,22,23). The van der Waals surface area contributed by atoms with Gasteiger partial charge in [-0.25, -0.2) is 9.97 Å². The third-order valence-electron chi connectivity index (χ3n) is 4.60. The van der Waals surface area contributed by atoms with E-state index in [1.807, 2.05) is 18.2 Å². The number of anilines is 1. The van der Waals surface area contributed by atoms with Crippen LogP contribution in [0.25, 0.3) is 21.3 Å². The summed E-state index contributed by atoms with van der Waals surface area (Å²) >= 11 is 1.64. The number of nitrogens with zero attached hydrogens (tertiary/aromatic N) is 3. The smallest absolute Gasteiger partial charge is 0.146 e. The fourth-order valence-electron chi connectivity index (χ4n) is 3.22. The Morgan fingerprint density at radius 1 is 1.22 bits per heavy atom. The van der Waals surface area contributed by atoms with E-state index in [9.17, 15) is 5.11 Å². The highest BCUT2D eigenvalue weighted by Gasteiger charge is 2.18. The molecule has 0 aliphatic carbocycles. The lowest BCUT2D eigenvalue weighted by Gasteiger charge is -2.25. The molecule has 4 rings (SSSR count). The molecule has 1 aliphatic heterocycles. The number of hydrogen-bond acceptors (Lipinski definition) is 7. The summed E-state index contributed by atoms with van der Waals surface area (Å²) in [4.78, 5) is 12.9. The highest BCUT2D eigenvalue weighted by atomic mass is 32.1. The second-order valence-electron chi connectivity index (χ2n) is 6.80. The fourth-order valence-corrected chi connectivity index (χ4v) is 4.18. The predicted molar refractivity (Wildman–Crippen MR) is 109 cm³/mol. The maximum absolute atomic E-state index is 9.73. The molecule has 1 atom stereocenters. The minimum absolute atomic E-state index is 0.448. The summed E-state index contributed by atoms with van der Waals surface area (Å²) < 4.78 is 5.43. The number of aromatic nitrogens is 2. The van der Waals surface area contributed by atoms with Gasteiger partial charge >= 0.3 is 0 Å². The first-order valence-electron chi connectivity index (χ1n) is 9.26. The van der Waals surface area contributed by atoms with Crippen molar-refractivity contribution < 1.29 is 9.84 Å². The zero-order valence-electron chi connectivity index (χ0n) is 15.4. The van der Waals surface area contributed by atoms with Gasteiger partial charge in [-0.15, -0.1) is 11.3 Å². The lowest BCUT2D eigenvalue weighted by molar-refractivity contribution is 0.0331. The number of fused-ring (bicyclic) bond motifs is 1. The minimum Gasteiger partial charge on any atom is -0.392 e. The molecule has 1 unspecified atom stereocenters. The van der Waals surface area contributed by atoms with Crippen LogP contribution in [0.5, 0.6) is 0 Å². The molecule has 0 saturated carbocycles. The van der Waals surface area contributed by atoms with E-state index in [4.69, 9.17) is 14.7 Å². The third kappa shape index (κ3) is 4.27. The normalized spacial score (nSPS) is 16.5. The first kappa shape index (κ1) is 18.3. The SMILES string of the molecule is CC(O)CNc1nc(CN2CCOCC2)nc2scc(-c3ccccc3)c12. The van der Waals surface area contributed by atoms with Gasteiger partial charge in [0.2, 0.25) is 0 Å². The number of nitrogens with one attached hydrogen (secondary N) is 1. The Morgan fingerprint density at radius 3 is 2.74 bits per heavy atom. The number of rotatable bonds is 6. The first-order chi connectivity index (χ1) is 13.2. The van der Waals surface area contributed by atoms with E-state index in [-0.39, 0.29) is 0 Å². The van der Waals surface area contributed by atoms with E-state index in [0.717, 1.165) is 59.3 Å². The van der Waals surface area contributed by atoms with Crippen LogP contribution in [0.3, 0.4) is 0 Å². The van der Waals surface area contributed by atoms with E-state index in [1.165, 1.54) is 0 Å². The van der Waals surface area contributed by atoms with Crippen LogP contribution in [-0.2, 0) is 11.3 Å². The molecular weight excluding hydrogens is 360 g/mol. The van der Waals surface area contributed by atoms with Crippen molar-refractivity contribution in [2.45, 2.75) is 19.6 Å². The highest BCUT2D eigenvalue weighted by molar-refractivity contribution is 7.17. The lowest BCUT2D eigenvalue weighted by Crippen LogP contribution is -2.36. The largest absolute Gasteiger partial charge is 0.392 e. The van der Waals surface area contributed by atoms with Crippen molar-refractivity contribution >= 4 is 27.4 Å². The first-order valence-corrected chi connectivity index (χ1v) is 10.1. The predicted octanol–water partition coefficient (Wildman–Crippen LogP) is 2.98. The summed E-state index contributed by atoms with van der Waals surface area (Å²) in [6.07, 6.45) is -0.448. The van der Waals surface area contributed by atoms with E-state index in [1.54, 1.807) is 18.3 Å². The molecule has 0 bridgehead atoms. The summed E-state index contributed by atoms with van der Waals surface area (Å²) in [5.74, 6) is 1.60. The minimum atomic E-state index is -0.448. The van der Waals surface area contributed by atoms with E-state index >= 15 is 0 Å². The number of aliphatic hydroxyl groups excluding tert-OH is 1. The van der Waals surface area contributed by atoms with Crippen molar-refractivity contribution in [3.63, 3.8) is 0 Å². The van der Waals surface area contributed by atoms with Crippen LogP contribution < -0.4 is 5.32 Å². The van der Waals surface area contributed by atoms with Gasteiger partial charge in [-0.2, -0.15) is 0 Å². The molecule has 142 valence electrons. The molecular formula is C20H24N4O2S. The van der Waals surface area contributed by atoms with Gasteiger partial charge in [0, 0.05) is 30.6 Å². The third-order valence-corrected chi connectivity index (χ3v) is 5.47. The number of aliphatic hydroxyl groups is 1. The van der Waals surface area contributed by atoms with Gasteiger partial charge in [0.25, 0.3) is 0 Å². The maximum atomic E-state index is 9.73. The fraction of sp³-hybridized carbons (Fsp3) is 0.400. The molecule has 2 N–H and O–H groups in total. The van der Waals surface area contributed by atoms with E-state index < -0.39 is 6.10 Å². The highest BCUT2D eigenvalue weighted by Crippen LogP contribution is 2.37. The van der Waals surface area contributed by atoms with Crippen LogP contribution in [0, 0.1) is 0 Å². The Labute approximate surface area is 162 Å². The second kappa shape index (κ2) is 8.31. The molecule has 0 amide bonds. The zero-order chi connectivity index (χ0) is 18.6. The van der Waals surface area contributed by atoms with Crippen LogP contribution >= 0.6 is 11.3 Å². The van der Waals surface area contributed by atoms with Crippen LogP contribution in [0.4, 0.5) is 5.82 Å². The van der Waals surface area contributed by atoms with E-state index in [0.29, 0.717) is 13.1 Å². The second-order valence-corrected chi connectivity index (χ2v) is 7.66. The van der Waals surface area contributed by atoms with Gasteiger partial charge in [-0.3, -0.25) is 4.90 Å². The van der Waals surface area contributed by atoms with Gasteiger partial charge < -0.3 is 15.2 Å². The molecule has 6 nitrogen and oxygen atoms in total. The maximum Gasteiger partial charge on any atom is 0.146 e. The Hall–Kier alpha value is -2.06. The average Bonchev–Trinajstić information content (AvgIpc) is 3.12. The zero-order valence-corrected chi connectivity index (χ0v) is 16.2. The summed E-state index contributed by atoms with van der Waals surface area (Å²) in [5.41, 5.74) is 2.27. The molecule has 7 heteroatoms. The quantitative estimate of drug-likeness (QED) is 0.681. The average molecular weight is 385 g/mol. The number of morpholine rings is 1. The molecule has 1 aromatic carbocycles. The van der Waals surface area contributed by atoms with Crippen LogP contribution in [0.2, 0.25) is 0 Å². The van der Waals surface area contributed by atoms with Crippen molar-refractivity contribution in [1.29, 1.82) is 0 Å². The summed E-state index contributed by atoms with van der Waals surface area (Å²) in [7, 11) is 0. The monoisotopic (exact) mass is 384 g/mol. The Balaban J connectivity index is 1.72. The summed E-state index contributed by atoms with van der Waals surface area (Å²) in [6, 6.07) is 10.3. The Kier molecular flexibility index (Phi) is 5.63. The van der Waals surface area contributed by atoms with Crippen LogP contribution in [0.15, 0.2) is 35.7 Å². The molecule has 1 aliphatic rings. The molecule has 0 spiro atoms. The number of benzene rings is 1. The number of hydrogen-bond donors (Lipinski definition) is 2. The summed E-state index contributed by atoms with van der Waals surface area (Å²) in [5, 5.41) is 16.2. The van der Waals surface area contributed by atoms with Gasteiger partial charge in [0.05, 0.1) is 31.2 Å². The van der Waals surface area contributed by atoms with Crippen molar-refractivity contribution in [2.24, 2.45) is 0 Å². The van der Waals surface area contributed by atoms with Crippen molar-refractivity contribution in [2.75, 3.05) is 38.2 Å². The molecule has 3 aromatic rings. The molecule has 27 heavy (non-hydrogen) atoms. The van der Waals surface area contributed by atoms with Gasteiger partial charge in [0.1, 0.15) is 16.5 Å². The molecule has 2 aromatic heterocycles. The number of thiophene rings is 1. The van der Waals surface area contributed by atoms with Crippen molar-refractivity contribution in [3.8, 4) is 11.1 Å². The lowest BCUT2D eigenvalue weighted by atomic mass is 10.1. The van der Waals surface area contributed by atoms with Crippen molar-refractivity contribution in [3.05, 3.63) is 41.5 Å². The van der Waals surface area contributed by atoms with Gasteiger partial charge in [-0.05, 0) is 12.5 Å². The Morgan fingerprint density at radius 2 is 2.00 bits per heavy atom. The van der Waals surface area contributed by atoms with Crippen LogP contribution in [0.1, 0.15) is 12.7 Å². The van der Waals surface area contributed by atoms with Gasteiger partial charge in [-0.1, -0.05) is 30.3 Å². The Bertz CT molecular complexity index is 892. The van der Waals surface area contributed by atoms with Crippen molar-refractivity contribution in [1.82, 2.24) is 14.9 Å². The molecule has 1 fully saturated rings. The molecule has 3 heterocycles. The number of ether oxygens (including phenoxy) is 1. The molecule has 0 radical (unpaired) electrons. The summed E-state index contributed by atoms with van der Waals surface area (Å²) in [6.45, 7) is 6.24. The van der Waals surface area contributed by atoms with E-state index in [2.05, 4.69) is 27.7 Å². The van der Waals surface area contributed by atoms with Gasteiger partial charge in [0.15, 0.2) is 0 Å². The molecule has 1 saturated heterocycles.